The van der Waals surface area contributed by atoms with Crippen molar-refractivity contribution in [3.05, 3.63) is 186 Å². The van der Waals surface area contributed by atoms with Gasteiger partial charge in [-0.2, -0.15) is 0 Å². The predicted octanol–water partition coefficient (Wildman–Crippen LogP) is 13.0. The maximum Gasteiger partial charge on any atom is 0.172 e. The topological polar surface area (TPSA) is 76.0 Å². The quantitative estimate of drug-likeness (QED) is 0.202. The lowest BCUT2D eigenvalue weighted by molar-refractivity contribution is -0.126. The summed E-state index contributed by atoms with van der Waals surface area (Å²) in [5, 5.41) is 26.6. The van der Waals surface area contributed by atoms with Crippen LogP contribution in [0.15, 0.2) is 144 Å². The van der Waals surface area contributed by atoms with E-state index in [9.17, 15) is 15.0 Å². The number of ether oxygens (including phenoxy) is 2. The standard InChI is InChI=1S/C49H44Cl4O5/c1-48(2,3)39-25-31(23-37(57-39)29-17-19-33(50)35(52)21-29)41(27-13-9-7-10-14-27)43-45(54)44(47(56)46(43)55)42(28-15-11-8-12-16-28)32-24-38(58-40(26-32)49(4,5)6)30-18-20-34(51)36(53)22-30/h7-26,43-46,54-55H,1-6H3. The molecule has 1 saturated carbocycles. The van der Waals surface area contributed by atoms with Gasteiger partial charge in [0.15, 0.2) is 5.78 Å². The average molecular weight is 855 g/mol. The number of aliphatic hydroxyl groups excluding tert-OH is 2. The molecule has 2 heterocycles. The Kier molecular flexibility index (Phi) is 11.8. The fraction of sp³-hybridized carbons (Fsp3) is 0.245. The molecule has 0 radical (unpaired) electrons. The van der Waals surface area contributed by atoms with Gasteiger partial charge in [-0.15, -0.1) is 0 Å². The Morgan fingerprint density at radius 2 is 0.966 bits per heavy atom. The third kappa shape index (κ3) is 8.40. The molecule has 5 nitrogen and oxygen atoms in total. The first-order chi connectivity index (χ1) is 27.4. The van der Waals surface area contributed by atoms with Crippen LogP contribution in [-0.2, 0) is 14.3 Å². The van der Waals surface area contributed by atoms with Crippen molar-refractivity contribution < 1.29 is 24.5 Å². The van der Waals surface area contributed by atoms with Gasteiger partial charge in [-0.05, 0) is 94.1 Å². The zero-order chi connectivity index (χ0) is 41.7. The number of halogens is 4. The van der Waals surface area contributed by atoms with E-state index in [1.807, 2.05) is 139 Å². The smallest absolute Gasteiger partial charge is 0.172 e. The highest BCUT2D eigenvalue weighted by Crippen LogP contribution is 2.50. The first-order valence-electron chi connectivity index (χ1n) is 19.1. The molecule has 0 aromatic heterocycles. The summed E-state index contributed by atoms with van der Waals surface area (Å²) in [7, 11) is 0. The van der Waals surface area contributed by atoms with Gasteiger partial charge in [0.1, 0.15) is 29.1 Å². The number of ketones is 1. The zero-order valence-corrected chi connectivity index (χ0v) is 36.0. The Morgan fingerprint density at radius 1 is 0.552 bits per heavy atom. The van der Waals surface area contributed by atoms with Gasteiger partial charge in [-0.3, -0.25) is 4.79 Å². The van der Waals surface area contributed by atoms with Crippen LogP contribution in [0.5, 0.6) is 0 Å². The molecule has 0 saturated heterocycles. The number of carbonyl (C=O) groups is 1. The molecule has 0 amide bonds. The monoisotopic (exact) mass is 852 g/mol. The second kappa shape index (κ2) is 16.4. The molecule has 2 aliphatic heterocycles. The summed E-state index contributed by atoms with van der Waals surface area (Å²) in [6.45, 7) is 12.2. The van der Waals surface area contributed by atoms with Gasteiger partial charge in [0.05, 0.1) is 32.1 Å². The van der Waals surface area contributed by atoms with Crippen LogP contribution in [0, 0.1) is 22.7 Å². The zero-order valence-electron chi connectivity index (χ0n) is 33.0. The van der Waals surface area contributed by atoms with E-state index in [0.29, 0.717) is 76.5 Å². The van der Waals surface area contributed by atoms with E-state index in [2.05, 4.69) is 0 Å². The van der Waals surface area contributed by atoms with Gasteiger partial charge in [0.2, 0.25) is 0 Å². The van der Waals surface area contributed by atoms with E-state index in [-0.39, 0.29) is 0 Å². The lowest BCUT2D eigenvalue weighted by atomic mass is 9.79. The van der Waals surface area contributed by atoms with E-state index in [0.717, 1.165) is 11.1 Å². The summed E-state index contributed by atoms with van der Waals surface area (Å²) >= 11 is 25.6. The van der Waals surface area contributed by atoms with Crippen LogP contribution < -0.4 is 0 Å². The molecular weight excluding hydrogens is 810 g/mol. The van der Waals surface area contributed by atoms with E-state index in [1.165, 1.54) is 0 Å². The molecule has 4 aromatic carbocycles. The first-order valence-corrected chi connectivity index (χ1v) is 20.6. The second-order valence-corrected chi connectivity index (χ2v) is 18.4. The summed E-state index contributed by atoms with van der Waals surface area (Å²) < 4.78 is 13.0. The highest BCUT2D eigenvalue weighted by Gasteiger charge is 2.53. The molecule has 9 heteroatoms. The van der Waals surface area contributed by atoms with E-state index in [4.69, 9.17) is 55.9 Å². The van der Waals surface area contributed by atoms with E-state index in [1.54, 1.807) is 24.3 Å². The van der Waals surface area contributed by atoms with Crippen LogP contribution in [0.4, 0.5) is 0 Å². The minimum atomic E-state index is -1.57. The van der Waals surface area contributed by atoms with Crippen molar-refractivity contribution in [2.24, 2.45) is 22.7 Å². The van der Waals surface area contributed by atoms with Crippen molar-refractivity contribution in [1.82, 2.24) is 0 Å². The molecule has 4 atom stereocenters. The van der Waals surface area contributed by atoms with Crippen molar-refractivity contribution in [2.45, 2.75) is 53.8 Å². The van der Waals surface area contributed by atoms with Crippen molar-refractivity contribution >= 4 is 74.9 Å². The van der Waals surface area contributed by atoms with Gasteiger partial charge in [-0.1, -0.05) is 149 Å². The summed E-state index contributed by atoms with van der Waals surface area (Å²) in [6, 6.07) is 29.6. The van der Waals surface area contributed by atoms with Gasteiger partial charge in [0, 0.05) is 27.9 Å². The van der Waals surface area contributed by atoms with Crippen molar-refractivity contribution in [3.8, 4) is 0 Å². The Morgan fingerprint density at radius 3 is 1.38 bits per heavy atom. The van der Waals surface area contributed by atoms with Crippen molar-refractivity contribution in [1.29, 1.82) is 0 Å². The first kappa shape index (κ1) is 41.8. The molecule has 58 heavy (non-hydrogen) atoms. The highest BCUT2D eigenvalue weighted by molar-refractivity contribution is 6.42. The molecule has 1 fully saturated rings. The summed E-state index contributed by atoms with van der Waals surface area (Å²) in [4.78, 5) is 14.8. The highest BCUT2D eigenvalue weighted by atomic mass is 35.5. The molecule has 1 aliphatic carbocycles. The Balaban J connectivity index is 1.47. The maximum atomic E-state index is 14.8. The number of allylic oxidation sites excluding steroid dienone is 8. The number of hydrogen-bond donors (Lipinski definition) is 2. The Labute approximate surface area is 360 Å². The van der Waals surface area contributed by atoms with E-state index >= 15 is 0 Å². The molecule has 2 N–H and O–H groups in total. The van der Waals surface area contributed by atoms with Crippen LogP contribution in [0.2, 0.25) is 20.1 Å². The minimum absolute atomic E-state index is 0.367. The predicted molar refractivity (Wildman–Crippen MR) is 237 cm³/mol. The Hall–Kier alpha value is -4.33. The van der Waals surface area contributed by atoms with Gasteiger partial charge < -0.3 is 19.7 Å². The second-order valence-electron chi connectivity index (χ2n) is 16.8. The van der Waals surface area contributed by atoms with Gasteiger partial charge in [0.25, 0.3) is 0 Å². The summed E-state index contributed by atoms with van der Waals surface area (Å²) in [5.74, 6) is -0.373. The lowest BCUT2D eigenvalue weighted by Gasteiger charge is -2.31. The fourth-order valence-corrected chi connectivity index (χ4v) is 8.11. The van der Waals surface area contributed by atoms with Crippen LogP contribution >= 0.6 is 46.4 Å². The third-order valence-corrected chi connectivity index (χ3v) is 12.0. The third-order valence-electron chi connectivity index (χ3n) is 10.6. The molecule has 0 bridgehead atoms. The van der Waals surface area contributed by atoms with Crippen LogP contribution in [0.1, 0.15) is 63.8 Å². The largest absolute Gasteiger partial charge is 0.461 e. The Bertz CT molecular complexity index is 2460. The SMILES string of the molecule is CC(C)(C)C1=CC(=C(c2ccccc2)C2C(=O)C(O)C(C(=C3C=C(c4ccc(Cl)c(Cl)c4)OC(C(C)(C)C)=C3)c3ccccc3)C2O)C=C(c2ccc(Cl)c(Cl)c2)O1. The number of carbonyl (C=O) groups excluding carboxylic acids is 1. The molecule has 0 spiro atoms. The number of aliphatic hydroxyl groups is 2. The molecule has 4 aromatic rings. The molecular formula is C49H44Cl4O5. The minimum Gasteiger partial charge on any atom is -0.461 e. The summed E-state index contributed by atoms with van der Waals surface area (Å²) in [5.41, 5.74) is 4.43. The van der Waals surface area contributed by atoms with Crippen molar-refractivity contribution in [2.75, 3.05) is 0 Å². The van der Waals surface area contributed by atoms with Gasteiger partial charge >= 0.3 is 0 Å². The van der Waals surface area contributed by atoms with E-state index < -0.39 is 40.7 Å². The maximum absolute atomic E-state index is 14.8. The summed E-state index contributed by atoms with van der Waals surface area (Å²) in [6.07, 6.45) is 4.65. The number of hydrogen-bond acceptors (Lipinski definition) is 5. The normalized spacial score (nSPS) is 22.9. The number of rotatable bonds is 6. The number of benzene rings is 4. The van der Waals surface area contributed by atoms with Gasteiger partial charge in [-0.25, -0.2) is 0 Å². The molecule has 7 rings (SSSR count). The molecule has 3 aliphatic rings. The van der Waals surface area contributed by atoms with Crippen molar-refractivity contribution in [3.63, 3.8) is 0 Å². The van der Waals surface area contributed by atoms with Crippen LogP contribution in [0.3, 0.4) is 0 Å². The molecule has 4 unspecified atom stereocenters. The number of Topliss-reactive ketones (excluding diaryl/α,β-unsaturated/α-hetero) is 1. The van der Waals surface area contributed by atoms with Crippen LogP contribution in [-0.4, -0.2) is 28.2 Å². The fourth-order valence-electron chi connectivity index (χ4n) is 7.51. The lowest BCUT2D eigenvalue weighted by Crippen LogP contribution is -2.28. The van der Waals surface area contributed by atoms with Crippen LogP contribution in [0.25, 0.3) is 22.7 Å². The molecule has 298 valence electrons. The average Bonchev–Trinajstić information content (AvgIpc) is 3.40.